The Labute approximate surface area is 111 Å². The van der Waals surface area contributed by atoms with E-state index >= 15 is 0 Å². The van der Waals surface area contributed by atoms with E-state index in [-0.39, 0.29) is 17.1 Å². The van der Waals surface area contributed by atoms with Gasteiger partial charge in [-0.2, -0.15) is 0 Å². The zero-order valence-electron chi connectivity index (χ0n) is 8.20. The summed E-state index contributed by atoms with van der Waals surface area (Å²) in [6, 6.07) is 4.66. The summed E-state index contributed by atoms with van der Waals surface area (Å²) in [7, 11) is -3.60. The molecule has 7 heteroatoms. The lowest BCUT2D eigenvalue weighted by atomic mass is 10.3. The molecule has 4 nitrogen and oxygen atoms in total. The Morgan fingerprint density at radius 2 is 2.12 bits per heavy atom. The minimum absolute atomic E-state index is 0.0515. The van der Waals surface area contributed by atoms with E-state index in [1.807, 2.05) is 0 Å². The maximum absolute atomic E-state index is 11.8. The van der Waals surface area contributed by atoms with Gasteiger partial charge in [-0.15, -0.1) is 0 Å². The zero-order chi connectivity index (χ0) is 12.3. The van der Waals surface area contributed by atoms with Gasteiger partial charge in [0.15, 0.2) is 0 Å². The minimum Gasteiger partial charge on any atom is -0.398 e. The minimum atomic E-state index is -3.60. The first-order chi connectivity index (χ1) is 7.33. The number of nitrogens with one attached hydrogen (secondary N) is 1. The molecule has 16 heavy (non-hydrogen) atoms. The summed E-state index contributed by atoms with van der Waals surface area (Å²) in [6.07, 6.45) is 0. The highest BCUT2D eigenvalue weighted by Crippen LogP contribution is 2.22. The second-order valence-electron chi connectivity index (χ2n) is 3.02. The first-order valence-electron chi connectivity index (χ1n) is 4.21. The highest BCUT2D eigenvalue weighted by Gasteiger charge is 2.17. The number of benzene rings is 1. The highest BCUT2D eigenvalue weighted by molar-refractivity contribution is 9.11. The molecule has 88 valence electrons. The molecule has 0 fully saturated rings. The maximum Gasteiger partial charge on any atom is 0.242 e. The average molecular weight is 370 g/mol. The number of nitrogen functional groups attached to an aromatic ring is 1. The molecule has 0 amide bonds. The van der Waals surface area contributed by atoms with Gasteiger partial charge in [0.1, 0.15) is 4.90 Å². The molecule has 0 aliphatic carbocycles. The molecule has 0 spiro atoms. The molecule has 0 aromatic heterocycles. The lowest BCUT2D eigenvalue weighted by Gasteiger charge is -2.08. The second kappa shape index (κ2) is 5.31. The van der Waals surface area contributed by atoms with Crippen LogP contribution in [0.5, 0.6) is 0 Å². The molecule has 0 aliphatic heterocycles. The fourth-order valence-electron chi connectivity index (χ4n) is 0.992. The Morgan fingerprint density at radius 1 is 1.50 bits per heavy atom. The average Bonchev–Trinajstić information content (AvgIpc) is 2.19. The molecular formula is C9H10Br2N2O2S. The van der Waals surface area contributed by atoms with Crippen LogP contribution in [-0.4, -0.2) is 15.0 Å². The van der Waals surface area contributed by atoms with Crippen LogP contribution in [0.2, 0.25) is 0 Å². The van der Waals surface area contributed by atoms with Crippen molar-refractivity contribution in [2.24, 2.45) is 0 Å². The number of hydrogen-bond acceptors (Lipinski definition) is 3. The predicted octanol–water partition coefficient (Wildman–Crippen LogP) is 2.22. The van der Waals surface area contributed by atoms with E-state index in [1.165, 1.54) is 12.1 Å². The van der Waals surface area contributed by atoms with Crippen LogP contribution in [0.15, 0.2) is 38.6 Å². The van der Waals surface area contributed by atoms with Crippen LogP contribution in [0.1, 0.15) is 0 Å². The summed E-state index contributed by atoms with van der Waals surface area (Å²) in [5.74, 6) is 0. The van der Waals surface area contributed by atoms with E-state index in [9.17, 15) is 8.42 Å². The quantitative estimate of drug-likeness (QED) is 0.799. The Kier molecular flexibility index (Phi) is 4.54. The topological polar surface area (TPSA) is 72.2 Å². The van der Waals surface area contributed by atoms with Crippen LogP contribution in [-0.2, 0) is 10.0 Å². The summed E-state index contributed by atoms with van der Waals surface area (Å²) in [4.78, 5) is 0.0515. The lowest BCUT2D eigenvalue weighted by Crippen LogP contribution is -2.25. The first-order valence-corrected chi connectivity index (χ1v) is 7.28. The predicted molar refractivity (Wildman–Crippen MR) is 71.8 cm³/mol. The van der Waals surface area contributed by atoms with E-state index in [1.54, 1.807) is 6.07 Å². The number of sulfonamides is 1. The Balaban J connectivity index is 3.07. The third kappa shape index (κ3) is 3.58. The van der Waals surface area contributed by atoms with Crippen molar-refractivity contribution >= 4 is 47.6 Å². The van der Waals surface area contributed by atoms with Gasteiger partial charge in [0.2, 0.25) is 10.0 Å². The first kappa shape index (κ1) is 13.7. The van der Waals surface area contributed by atoms with E-state index in [0.29, 0.717) is 8.96 Å². The molecule has 0 saturated carbocycles. The van der Waals surface area contributed by atoms with E-state index in [2.05, 4.69) is 43.2 Å². The van der Waals surface area contributed by atoms with Gasteiger partial charge < -0.3 is 5.73 Å². The van der Waals surface area contributed by atoms with Crippen molar-refractivity contribution in [2.75, 3.05) is 12.3 Å². The summed E-state index contributed by atoms with van der Waals surface area (Å²) in [5.41, 5.74) is 5.81. The summed E-state index contributed by atoms with van der Waals surface area (Å²) in [5, 5.41) is 0. The van der Waals surface area contributed by atoms with Gasteiger partial charge in [0, 0.05) is 15.5 Å². The molecule has 0 unspecified atom stereocenters. The molecule has 1 aromatic carbocycles. The van der Waals surface area contributed by atoms with Crippen molar-refractivity contribution in [3.8, 4) is 0 Å². The Hall–Kier alpha value is -0.370. The van der Waals surface area contributed by atoms with Crippen molar-refractivity contribution in [3.63, 3.8) is 0 Å². The smallest absolute Gasteiger partial charge is 0.242 e. The van der Waals surface area contributed by atoms with E-state index in [0.717, 1.165) is 0 Å². The molecule has 0 radical (unpaired) electrons. The molecule has 0 bridgehead atoms. The van der Waals surface area contributed by atoms with Gasteiger partial charge >= 0.3 is 0 Å². The lowest BCUT2D eigenvalue weighted by molar-refractivity contribution is 0.586. The number of halogens is 2. The van der Waals surface area contributed by atoms with Gasteiger partial charge in [-0.3, -0.25) is 0 Å². The number of rotatable bonds is 4. The van der Waals surface area contributed by atoms with E-state index in [4.69, 9.17) is 5.73 Å². The molecule has 1 aromatic rings. The molecule has 0 atom stereocenters. The van der Waals surface area contributed by atoms with Gasteiger partial charge in [-0.05, 0) is 18.2 Å². The van der Waals surface area contributed by atoms with Crippen LogP contribution in [0.25, 0.3) is 0 Å². The third-order valence-electron chi connectivity index (χ3n) is 1.72. The normalized spacial score (nSPS) is 11.4. The van der Waals surface area contributed by atoms with Crippen molar-refractivity contribution in [1.29, 1.82) is 0 Å². The largest absolute Gasteiger partial charge is 0.398 e. The molecule has 3 N–H and O–H groups in total. The summed E-state index contributed by atoms with van der Waals surface area (Å²) < 4.78 is 27.2. The van der Waals surface area contributed by atoms with E-state index < -0.39 is 10.0 Å². The van der Waals surface area contributed by atoms with Crippen LogP contribution in [0.3, 0.4) is 0 Å². The van der Waals surface area contributed by atoms with Crippen LogP contribution in [0.4, 0.5) is 5.69 Å². The Bertz CT molecular complexity index is 514. The maximum atomic E-state index is 11.8. The zero-order valence-corrected chi connectivity index (χ0v) is 12.2. The number of anilines is 1. The van der Waals surface area contributed by atoms with Crippen molar-refractivity contribution in [3.05, 3.63) is 33.7 Å². The molecule has 1 rings (SSSR count). The number of hydrogen-bond donors (Lipinski definition) is 2. The summed E-state index contributed by atoms with van der Waals surface area (Å²) >= 11 is 6.26. The second-order valence-corrected chi connectivity index (χ2v) is 6.80. The standard InChI is InChI=1S/C9H10Br2N2O2S/c1-6(10)5-13-16(14,15)9-4-7(11)2-3-8(9)12/h2-4,13H,1,5,12H2. The molecule has 0 saturated heterocycles. The van der Waals surface area contributed by atoms with Crippen molar-refractivity contribution in [2.45, 2.75) is 4.90 Å². The van der Waals surface area contributed by atoms with Crippen molar-refractivity contribution < 1.29 is 8.42 Å². The molecular weight excluding hydrogens is 360 g/mol. The fourth-order valence-corrected chi connectivity index (χ4v) is 3.01. The SMILES string of the molecule is C=C(Br)CNS(=O)(=O)c1cc(Br)ccc1N. The monoisotopic (exact) mass is 368 g/mol. The van der Waals surface area contributed by atoms with Gasteiger partial charge in [0.25, 0.3) is 0 Å². The highest BCUT2D eigenvalue weighted by atomic mass is 79.9. The van der Waals surface area contributed by atoms with Crippen molar-refractivity contribution in [1.82, 2.24) is 4.72 Å². The molecule has 0 heterocycles. The van der Waals surface area contributed by atoms with Crippen LogP contribution >= 0.6 is 31.9 Å². The van der Waals surface area contributed by atoms with Crippen LogP contribution < -0.4 is 10.5 Å². The number of nitrogens with two attached hydrogens (primary N) is 1. The van der Waals surface area contributed by atoms with Gasteiger partial charge in [-0.1, -0.05) is 38.4 Å². The Morgan fingerprint density at radius 3 is 2.69 bits per heavy atom. The third-order valence-corrected chi connectivity index (χ3v) is 3.95. The van der Waals surface area contributed by atoms with Crippen LogP contribution in [0, 0.1) is 0 Å². The fraction of sp³-hybridized carbons (Fsp3) is 0.111. The summed E-state index contributed by atoms with van der Waals surface area (Å²) in [6.45, 7) is 3.66. The van der Waals surface area contributed by atoms with Gasteiger partial charge in [0.05, 0.1) is 5.69 Å². The van der Waals surface area contributed by atoms with Gasteiger partial charge in [-0.25, -0.2) is 13.1 Å². The molecule has 0 aliphatic rings.